The highest BCUT2D eigenvalue weighted by molar-refractivity contribution is 7.97. The van der Waals surface area contributed by atoms with E-state index in [0.717, 1.165) is 54.4 Å². The molecule has 2 N–H and O–H groups in total. The molecule has 1 aromatic heterocycles. The van der Waals surface area contributed by atoms with Crippen molar-refractivity contribution in [1.82, 2.24) is 14.7 Å². The van der Waals surface area contributed by atoms with Crippen molar-refractivity contribution in [2.24, 2.45) is 0 Å². The molecule has 27 heavy (non-hydrogen) atoms. The fourth-order valence-corrected chi connectivity index (χ4v) is 4.05. The highest BCUT2D eigenvalue weighted by Gasteiger charge is 2.37. The zero-order chi connectivity index (χ0) is 19.4. The zero-order valence-electron chi connectivity index (χ0n) is 15.4. The van der Waals surface area contributed by atoms with Crippen molar-refractivity contribution >= 4 is 23.6 Å². The molecule has 4 nitrogen and oxygen atoms in total. The van der Waals surface area contributed by atoms with Crippen LogP contribution in [0.4, 0.5) is 24.8 Å². The number of benzene rings is 1. The highest BCUT2D eigenvalue weighted by Crippen LogP contribution is 2.40. The first-order valence-corrected chi connectivity index (χ1v) is 9.85. The maximum Gasteiger partial charge on any atom is 0.419 e. The van der Waals surface area contributed by atoms with E-state index in [1.165, 1.54) is 11.9 Å². The highest BCUT2D eigenvalue weighted by atomic mass is 32.2. The smallest absolute Gasteiger partial charge is 0.324 e. The summed E-state index contributed by atoms with van der Waals surface area (Å²) >= 11 is 1.50. The number of nitrogens with one attached hydrogen (secondary N) is 2. The Hall–Kier alpha value is -1.80. The van der Waals surface area contributed by atoms with Gasteiger partial charge in [-0.1, -0.05) is 19.3 Å². The summed E-state index contributed by atoms with van der Waals surface area (Å²) in [4.78, 5) is 9.29. The molecule has 0 bridgehead atoms. The van der Waals surface area contributed by atoms with E-state index in [0.29, 0.717) is 0 Å². The summed E-state index contributed by atoms with van der Waals surface area (Å²) in [5.41, 5.74) is 1.17. The largest absolute Gasteiger partial charge is 0.419 e. The van der Waals surface area contributed by atoms with Gasteiger partial charge in [0.15, 0.2) is 0 Å². The van der Waals surface area contributed by atoms with Crippen molar-refractivity contribution in [2.75, 3.05) is 12.4 Å². The average Bonchev–Trinajstić information content (AvgIpc) is 2.64. The molecule has 0 aliphatic heterocycles. The topological polar surface area (TPSA) is 49.8 Å². The number of alkyl halides is 3. The van der Waals surface area contributed by atoms with Crippen LogP contribution in [-0.2, 0) is 6.18 Å². The van der Waals surface area contributed by atoms with Crippen LogP contribution in [0.2, 0.25) is 0 Å². The van der Waals surface area contributed by atoms with E-state index in [4.69, 9.17) is 0 Å². The molecule has 1 fully saturated rings. The quantitative estimate of drug-likeness (QED) is 0.624. The Bertz CT molecular complexity index is 789. The normalized spacial score (nSPS) is 15.7. The van der Waals surface area contributed by atoms with E-state index in [1.807, 2.05) is 32.2 Å². The lowest BCUT2D eigenvalue weighted by molar-refractivity contribution is -0.139. The first kappa shape index (κ1) is 19.9. The van der Waals surface area contributed by atoms with E-state index in [1.54, 1.807) is 0 Å². The molecule has 0 unspecified atom stereocenters. The van der Waals surface area contributed by atoms with Gasteiger partial charge in [0.2, 0.25) is 5.95 Å². The zero-order valence-corrected chi connectivity index (χ0v) is 16.2. The number of nitrogens with zero attached hydrogens (tertiary/aromatic N) is 2. The summed E-state index contributed by atoms with van der Waals surface area (Å²) in [6, 6.07) is 5.81. The Morgan fingerprint density at radius 1 is 1.15 bits per heavy atom. The van der Waals surface area contributed by atoms with Crippen LogP contribution in [-0.4, -0.2) is 17.0 Å². The summed E-state index contributed by atoms with van der Waals surface area (Å²) in [5.74, 6) is 0.0510. The standard InChI is InChI=1S/C19H23F3N4S/c1-12-10-14(27-23-2)8-9-16(12)25-18-24-11-15(19(20,21)22)17(26-18)13-6-4-3-5-7-13/h8-11,13,23H,3-7H2,1-2H3,(H,24,25,26). The Labute approximate surface area is 161 Å². The first-order chi connectivity index (χ1) is 12.9. The summed E-state index contributed by atoms with van der Waals surface area (Å²) in [6.45, 7) is 1.94. The van der Waals surface area contributed by atoms with Gasteiger partial charge in [-0.05, 0) is 62.5 Å². The molecule has 0 atom stereocenters. The van der Waals surface area contributed by atoms with Crippen LogP contribution in [0.15, 0.2) is 29.3 Å². The minimum absolute atomic E-state index is 0.125. The second-order valence-corrected chi connectivity index (χ2v) is 7.82. The van der Waals surface area contributed by atoms with Gasteiger partial charge in [-0.15, -0.1) is 0 Å². The van der Waals surface area contributed by atoms with Gasteiger partial charge >= 0.3 is 6.18 Å². The molecule has 1 aliphatic rings. The second-order valence-electron chi connectivity index (χ2n) is 6.73. The van der Waals surface area contributed by atoms with E-state index < -0.39 is 11.7 Å². The number of rotatable bonds is 5. The van der Waals surface area contributed by atoms with E-state index in [-0.39, 0.29) is 17.6 Å². The molecule has 0 spiro atoms. The van der Waals surface area contributed by atoms with Gasteiger partial charge in [0, 0.05) is 22.7 Å². The van der Waals surface area contributed by atoms with Crippen LogP contribution in [0.1, 0.15) is 54.8 Å². The molecule has 8 heteroatoms. The minimum atomic E-state index is -4.44. The third kappa shape index (κ3) is 4.93. The Morgan fingerprint density at radius 2 is 1.89 bits per heavy atom. The number of aryl methyl sites for hydroxylation is 1. The van der Waals surface area contributed by atoms with E-state index >= 15 is 0 Å². The monoisotopic (exact) mass is 396 g/mol. The summed E-state index contributed by atoms with van der Waals surface area (Å²) in [7, 11) is 1.84. The molecule has 1 aliphatic carbocycles. The first-order valence-electron chi connectivity index (χ1n) is 9.04. The van der Waals surface area contributed by atoms with E-state index in [2.05, 4.69) is 20.0 Å². The number of halogens is 3. The third-order valence-corrected chi connectivity index (χ3v) is 5.47. The molecule has 3 rings (SSSR count). The molecular formula is C19H23F3N4S. The van der Waals surface area contributed by atoms with Gasteiger partial charge in [-0.25, -0.2) is 9.97 Å². The predicted octanol–water partition coefficient (Wildman–Crippen LogP) is 5.82. The fourth-order valence-electron chi connectivity index (χ4n) is 3.44. The van der Waals surface area contributed by atoms with Gasteiger partial charge in [-0.2, -0.15) is 13.2 Å². The number of aromatic nitrogens is 2. The molecule has 1 heterocycles. The molecule has 146 valence electrons. The third-order valence-electron chi connectivity index (χ3n) is 4.78. The maximum atomic E-state index is 13.4. The van der Waals surface area contributed by atoms with Crippen molar-refractivity contribution in [3.05, 3.63) is 41.2 Å². The summed E-state index contributed by atoms with van der Waals surface area (Å²) in [6.07, 6.45) is 0.928. The summed E-state index contributed by atoms with van der Waals surface area (Å²) < 4.78 is 43.3. The molecule has 1 aromatic carbocycles. The second kappa shape index (κ2) is 8.48. The van der Waals surface area contributed by atoms with Crippen molar-refractivity contribution in [2.45, 2.75) is 56.0 Å². The lowest BCUT2D eigenvalue weighted by Crippen LogP contribution is -2.17. The predicted molar refractivity (Wildman–Crippen MR) is 102 cm³/mol. The Balaban J connectivity index is 1.90. The van der Waals surface area contributed by atoms with Crippen LogP contribution in [0.25, 0.3) is 0 Å². The van der Waals surface area contributed by atoms with Crippen molar-refractivity contribution < 1.29 is 13.2 Å². The SMILES string of the molecule is CNSc1ccc(Nc2ncc(C(F)(F)F)c(C3CCCCC3)n2)c(C)c1. The molecule has 1 saturated carbocycles. The lowest BCUT2D eigenvalue weighted by atomic mass is 9.85. The Morgan fingerprint density at radius 3 is 2.52 bits per heavy atom. The van der Waals surface area contributed by atoms with Crippen LogP contribution >= 0.6 is 11.9 Å². The molecule has 0 saturated heterocycles. The van der Waals surface area contributed by atoms with Crippen molar-refractivity contribution in [3.63, 3.8) is 0 Å². The van der Waals surface area contributed by atoms with Gasteiger partial charge < -0.3 is 5.32 Å². The minimum Gasteiger partial charge on any atom is -0.324 e. The summed E-state index contributed by atoms with van der Waals surface area (Å²) in [5, 5.41) is 3.08. The maximum absolute atomic E-state index is 13.4. The number of anilines is 2. The van der Waals surface area contributed by atoms with Crippen molar-refractivity contribution in [3.8, 4) is 0 Å². The number of hydrogen-bond acceptors (Lipinski definition) is 5. The van der Waals surface area contributed by atoms with Crippen LogP contribution in [0.5, 0.6) is 0 Å². The van der Waals surface area contributed by atoms with E-state index in [9.17, 15) is 13.2 Å². The van der Waals surface area contributed by atoms with Crippen molar-refractivity contribution in [1.29, 1.82) is 0 Å². The van der Waals surface area contributed by atoms with Crippen LogP contribution < -0.4 is 10.0 Å². The lowest BCUT2D eigenvalue weighted by Gasteiger charge is -2.24. The average molecular weight is 396 g/mol. The number of hydrogen-bond donors (Lipinski definition) is 2. The molecule has 2 aromatic rings. The fraction of sp³-hybridized carbons (Fsp3) is 0.474. The molecule has 0 amide bonds. The van der Waals surface area contributed by atoms with Gasteiger partial charge in [0.1, 0.15) is 0 Å². The van der Waals surface area contributed by atoms with Gasteiger partial charge in [0.05, 0.1) is 11.3 Å². The van der Waals surface area contributed by atoms with Gasteiger partial charge in [-0.3, -0.25) is 4.72 Å². The van der Waals surface area contributed by atoms with Crippen LogP contribution in [0.3, 0.4) is 0 Å². The molecule has 0 radical (unpaired) electrons. The Kier molecular flexibility index (Phi) is 6.26. The molecular weight excluding hydrogens is 373 g/mol. The van der Waals surface area contributed by atoms with Gasteiger partial charge in [0.25, 0.3) is 0 Å². The van der Waals surface area contributed by atoms with Crippen LogP contribution in [0, 0.1) is 6.92 Å².